The van der Waals surface area contributed by atoms with Crippen molar-refractivity contribution in [2.45, 2.75) is 26.3 Å². The minimum atomic E-state index is -0.690. The number of aliphatic hydroxyl groups excluding tert-OH is 2. The lowest BCUT2D eigenvalue weighted by molar-refractivity contribution is -0.265. The Kier molecular flexibility index (Phi) is 2.49. The lowest BCUT2D eigenvalue weighted by Crippen LogP contribution is -2.36. The molecule has 4 atom stereocenters. The third-order valence-electron chi connectivity index (χ3n) is 2.50. The monoisotopic (exact) mass is 161 g/mol. The fourth-order valence-corrected chi connectivity index (χ4v) is 1.38. The van der Waals surface area contributed by atoms with Crippen molar-refractivity contribution >= 4 is 0 Å². The Balaban J connectivity index is 2.69. The molecule has 0 aromatic rings. The molecule has 0 radical (unpaired) electrons. The summed E-state index contributed by atoms with van der Waals surface area (Å²) in [5.41, 5.74) is 0. The van der Waals surface area contributed by atoms with Crippen LogP contribution in [0.25, 0.3) is 0 Å². The normalized spacial score (nSPS) is 46.6. The molecule has 4 nitrogen and oxygen atoms in total. The average molecular weight is 161 g/mol. The van der Waals surface area contributed by atoms with Gasteiger partial charge in [-0.15, -0.1) is 5.06 Å². The van der Waals surface area contributed by atoms with Gasteiger partial charge in [0.15, 0.2) is 0 Å². The predicted molar refractivity (Wildman–Crippen MR) is 39.2 cm³/mol. The maximum atomic E-state index is 9.44. The van der Waals surface area contributed by atoms with E-state index in [1.165, 1.54) is 12.2 Å². The maximum absolute atomic E-state index is 9.44. The summed E-state index contributed by atoms with van der Waals surface area (Å²) in [6, 6.07) is 0. The van der Waals surface area contributed by atoms with Crippen molar-refractivity contribution in [3.05, 3.63) is 0 Å². The molecule has 2 N–H and O–H groups in total. The topological polar surface area (TPSA) is 52.9 Å². The van der Waals surface area contributed by atoms with E-state index in [-0.39, 0.29) is 11.8 Å². The maximum Gasteiger partial charge on any atom is 0.135 e. The lowest BCUT2D eigenvalue weighted by Gasteiger charge is -2.21. The zero-order valence-electron chi connectivity index (χ0n) is 7.06. The van der Waals surface area contributed by atoms with Gasteiger partial charge < -0.3 is 10.2 Å². The number of hydrogen-bond donors (Lipinski definition) is 2. The Morgan fingerprint density at radius 1 is 1.09 bits per heavy atom. The molecule has 0 aliphatic carbocycles. The Morgan fingerprint density at radius 3 is 1.64 bits per heavy atom. The van der Waals surface area contributed by atoms with Crippen LogP contribution in [-0.4, -0.2) is 34.8 Å². The van der Waals surface area contributed by atoms with Crippen molar-refractivity contribution in [1.29, 1.82) is 0 Å². The summed E-state index contributed by atoms with van der Waals surface area (Å²) in [7, 11) is 1.44. The molecule has 1 fully saturated rings. The third kappa shape index (κ3) is 1.27. The zero-order valence-corrected chi connectivity index (χ0v) is 7.06. The first-order valence-corrected chi connectivity index (χ1v) is 3.78. The van der Waals surface area contributed by atoms with Crippen LogP contribution in [0.4, 0.5) is 0 Å². The van der Waals surface area contributed by atoms with E-state index < -0.39 is 12.5 Å². The van der Waals surface area contributed by atoms with Crippen molar-refractivity contribution in [3.63, 3.8) is 0 Å². The minimum absolute atomic E-state index is 0.0462. The van der Waals surface area contributed by atoms with E-state index in [0.29, 0.717) is 0 Å². The number of rotatable bonds is 1. The molecule has 0 spiro atoms. The molecule has 0 saturated carbocycles. The van der Waals surface area contributed by atoms with Crippen LogP contribution < -0.4 is 0 Å². The highest BCUT2D eigenvalue weighted by molar-refractivity contribution is 4.81. The Morgan fingerprint density at radius 2 is 1.45 bits per heavy atom. The molecule has 1 heterocycles. The number of nitrogens with zero attached hydrogens (tertiary/aromatic N) is 1. The SMILES string of the molecule is CON1C(O)C(C)C(C)C1O. The number of hydroxylamine groups is 2. The summed E-state index contributed by atoms with van der Waals surface area (Å²) in [5.74, 6) is 0.0925. The van der Waals surface area contributed by atoms with Crippen molar-refractivity contribution in [1.82, 2.24) is 5.06 Å². The van der Waals surface area contributed by atoms with Gasteiger partial charge in [-0.05, 0) is 0 Å². The molecule has 1 aliphatic heterocycles. The van der Waals surface area contributed by atoms with E-state index >= 15 is 0 Å². The van der Waals surface area contributed by atoms with E-state index in [0.717, 1.165) is 0 Å². The Labute approximate surface area is 66.3 Å². The van der Waals surface area contributed by atoms with Crippen LogP contribution in [0.15, 0.2) is 0 Å². The van der Waals surface area contributed by atoms with Crippen LogP contribution in [0.2, 0.25) is 0 Å². The van der Waals surface area contributed by atoms with E-state index in [2.05, 4.69) is 0 Å². The highest BCUT2D eigenvalue weighted by Crippen LogP contribution is 2.31. The van der Waals surface area contributed by atoms with E-state index in [4.69, 9.17) is 4.84 Å². The molecule has 0 aromatic heterocycles. The van der Waals surface area contributed by atoms with Gasteiger partial charge in [-0.1, -0.05) is 13.8 Å². The van der Waals surface area contributed by atoms with Crippen LogP contribution in [0.1, 0.15) is 13.8 Å². The van der Waals surface area contributed by atoms with Crippen molar-refractivity contribution in [3.8, 4) is 0 Å². The summed E-state index contributed by atoms with van der Waals surface area (Å²) in [6.07, 6.45) is -1.38. The van der Waals surface area contributed by atoms with Crippen LogP contribution in [0.3, 0.4) is 0 Å². The second-order valence-electron chi connectivity index (χ2n) is 3.09. The van der Waals surface area contributed by atoms with Crippen LogP contribution >= 0.6 is 0 Å². The third-order valence-corrected chi connectivity index (χ3v) is 2.50. The largest absolute Gasteiger partial charge is 0.376 e. The summed E-state index contributed by atoms with van der Waals surface area (Å²) in [6.45, 7) is 3.77. The van der Waals surface area contributed by atoms with Gasteiger partial charge in [0, 0.05) is 11.8 Å². The van der Waals surface area contributed by atoms with Gasteiger partial charge in [-0.3, -0.25) is 4.84 Å². The fourth-order valence-electron chi connectivity index (χ4n) is 1.38. The van der Waals surface area contributed by atoms with E-state index in [1.807, 2.05) is 13.8 Å². The molecular formula is C7H15NO3. The lowest BCUT2D eigenvalue weighted by atomic mass is 9.98. The molecule has 11 heavy (non-hydrogen) atoms. The molecule has 0 aromatic carbocycles. The average Bonchev–Trinajstić information content (AvgIpc) is 2.17. The van der Waals surface area contributed by atoms with Crippen molar-refractivity contribution < 1.29 is 15.1 Å². The first-order chi connectivity index (χ1) is 5.09. The predicted octanol–water partition coefficient (Wildman–Crippen LogP) is -0.228. The number of hydrogen-bond acceptors (Lipinski definition) is 4. The van der Waals surface area contributed by atoms with Crippen LogP contribution in [-0.2, 0) is 4.84 Å². The second kappa shape index (κ2) is 3.06. The first-order valence-electron chi connectivity index (χ1n) is 3.78. The molecule has 0 bridgehead atoms. The van der Waals surface area contributed by atoms with Crippen molar-refractivity contribution in [2.75, 3.05) is 7.11 Å². The van der Waals surface area contributed by atoms with Crippen molar-refractivity contribution in [2.24, 2.45) is 11.8 Å². The quantitative estimate of drug-likeness (QED) is 0.558. The smallest absolute Gasteiger partial charge is 0.135 e. The zero-order chi connectivity index (χ0) is 8.59. The summed E-state index contributed by atoms with van der Waals surface area (Å²) >= 11 is 0. The molecule has 0 amide bonds. The molecule has 66 valence electrons. The summed E-state index contributed by atoms with van der Waals surface area (Å²) in [5, 5.41) is 20.1. The summed E-state index contributed by atoms with van der Waals surface area (Å²) in [4.78, 5) is 4.81. The first kappa shape index (κ1) is 8.93. The Hall–Kier alpha value is -0.160. The fraction of sp³-hybridized carbons (Fsp3) is 1.00. The van der Waals surface area contributed by atoms with Gasteiger partial charge in [0.05, 0.1) is 7.11 Å². The van der Waals surface area contributed by atoms with Gasteiger partial charge in [-0.2, -0.15) is 0 Å². The molecule has 1 saturated heterocycles. The summed E-state index contributed by atoms with van der Waals surface area (Å²) < 4.78 is 0. The van der Waals surface area contributed by atoms with Gasteiger partial charge in [0.2, 0.25) is 0 Å². The van der Waals surface area contributed by atoms with Gasteiger partial charge in [0.1, 0.15) is 12.5 Å². The minimum Gasteiger partial charge on any atom is -0.376 e. The van der Waals surface area contributed by atoms with Gasteiger partial charge in [-0.25, -0.2) is 0 Å². The van der Waals surface area contributed by atoms with E-state index in [9.17, 15) is 10.2 Å². The Bertz CT molecular complexity index is 128. The molecule has 4 unspecified atom stereocenters. The highest BCUT2D eigenvalue weighted by atomic mass is 16.7. The second-order valence-corrected chi connectivity index (χ2v) is 3.09. The number of aliphatic hydroxyl groups is 2. The van der Waals surface area contributed by atoms with Gasteiger partial charge in [0.25, 0.3) is 0 Å². The molecule has 1 aliphatic rings. The molecular weight excluding hydrogens is 146 g/mol. The standard InChI is InChI=1S/C7H15NO3/c1-4-5(2)7(10)8(11-3)6(4)9/h4-7,9-10H,1-3H3. The van der Waals surface area contributed by atoms with Crippen LogP contribution in [0, 0.1) is 11.8 Å². The highest BCUT2D eigenvalue weighted by Gasteiger charge is 2.43. The van der Waals surface area contributed by atoms with E-state index in [1.54, 1.807) is 0 Å². The molecule has 1 rings (SSSR count). The molecule has 4 heteroatoms. The van der Waals surface area contributed by atoms with Crippen LogP contribution in [0.5, 0.6) is 0 Å². The van der Waals surface area contributed by atoms with Gasteiger partial charge >= 0.3 is 0 Å².